The Labute approximate surface area is 137 Å². The number of hydrogen-bond acceptors (Lipinski definition) is 2. The molecule has 1 aromatic carbocycles. The van der Waals surface area contributed by atoms with Crippen LogP contribution < -0.4 is 10.7 Å². The lowest BCUT2D eigenvalue weighted by Crippen LogP contribution is -2.33. The maximum absolute atomic E-state index is 4.82. The minimum Gasteiger partial charge on any atom is -0.341 e. The number of imidazole rings is 1. The number of aromatic amines is 1. The van der Waals surface area contributed by atoms with Crippen LogP contribution in [0.1, 0.15) is 30.7 Å². The molecule has 2 aliphatic carbocycles. The van der Waals surface area contributed by atoms with E-state index < -0.39 is 0 Å². The van der Waals surface area contributed by atoms with E-state index >= 15 is 0 Å². The second-order valence-corrected chi connectivity index (χ2v) is 6.67. The number of fused-ring (bicyclic) bond motifs is 2. The largest absolute Gasteiger partial charge is 0.341 e. The smallest absolute Gasteiger partial charge is 0.121 e. The molecular weight excluding hydrogens is 282 g/mol. The lowest BCUT2D eigenvalue weighted by molar-refractivity contribution is 0.311. The first-order valence-electron chi connectivity index (χ1n) is 8.48. The molecule has 0 saturated carbocycles. The Morgan fingerprint density at radius 2 is 2.09 bits per heavy atom. The van der Waals surface area contributed by atoms with Crippen LogP contribution in [0, 0.1) is 5.92 Å². The van der Waals surface area contributed by atoms with Crippen molar-refractivity contribution >= 4 is 11.6 Å². The van der Waals surface area contributed by atoms with E-state index in [1.54, 1.807) is 0 Å². The summed E-state index contributed by atoms with van der Waals surface area (Å²) < 4.78 is 0. The van der Waals surface area contributed by atoms with Gasteiger partial charge in [-0.05, 0) is 43.4 Å². The first-order valence-corrected chi connectivity index (χ1v) is 8.48. The second kappa shape index (κ2) is 6.17. The van der Waals surface area contributed by atoms with Crippen molar-refractivity contribution in [3.8, 4) is 0 Å². The fourth-order valence-electron chi connectivity index (χ4n) is 3.67. The summed E-state index contributed by atoms with van der Waals surface area (Å²) in [6, 6.07) is 10.6. The van der Waals surface area contributed by atoms with Crippen molar-refractivity contribution in [2.75, 3.05) is 7.05 Å². The van der Waals surface area contributed by atoms with Crippen LogP contribution in [0.4, 0.5) is 0 Å². The summed E-state index contributed by atoms with van der Waals surface area (Å²) in [4.78, 5) is 10.7. The molecule has 2 aromatic rings. The minimum absolute atomic E-state index is 0.683. The maximum Gasteiger partial charge on any atom is 0.121 e. The summed E-state index contributed by atoms with van der Waals surface area (Å²) in [7, 11) is 2.15. The van der Waals surface area contributed by atoms with Gasteiger partial charge in [-0.2, -0.15) is 0 Å². The fraction of sp³-hybridized carbons (Fsp3) is 0.350. The predicted octanol–water partition coefficient (Wildman–Crippen LogP) is 2.34. The van der Waals surface area contributed by atoms with Gasteiger partial charge in [0.15, 0.2) is 0 Å². The van der Waals surface area contributed by atoms with E-state index in [-0.39, 0.29) is 0 Å². The molecule has 0 bridgehead atoms. The average Bonchev–Trinajstić information content (AvgIpc) is 2.98. The first kappa shape index (κ1) is 14.5. The van der Waals surface area contributed by atoms with Crippen LogP contribution in [-0.2, 0) is 13.1 Å². The normalized spacial score (nSPS) is 19.4. The fourth-order valence-corrected chi connectivity index (χ4v) is 3.67. The van der Waals surface area contributed by atoms with Gasteiger partial charge in [0, 0.05) is 6.54 Å². The van der Waals surface area contributed by atoms with E-state index in [0.29, 0.717) is 5.92 Å². The van der Waals surface area contributed by atoms with E-state index in [9.17, 15) is 0 Å². The number of aromatic nitrogens is 2. The first-order chi connectivity index (χ1) is 11.3. The van der Waals surface area contributed by atoms with Gasteiger partial charge in [-0.15, -0.1) is 0 Å². The van der Waals surface area contributed by atoms with Crippen LogP contribution in [0.5, 0.6) is 0 Å². The van der Waals surface area contributed by atoms with E-state index in [2.05, 4.69) is 65.5 Å². The Morgan fingerprint density at radius 3 is 2.96 bits per heavy atom. The number of benzene rings is 1. The predicted molar refractivity (Wildman–Crippen MR) is 93.8 cm³/mol. The molecule has 0 amide bonds. The number of allylic oxidation sites excluding steroid dienone is 2. The molecule has 1 unspecified atom stereocenters. The number of H-pyrrole nitrogens is 1. The van der Waals surface area contributed by atoms with E-state index in [1.165, 1.54) is 29.3 Å². The van der Waals surface area contributed by atoms with Gasteiger partial charge < -0.3 is 4.98 Å². The van der Waals surface area contributed by atoms with Crippen LogP contribution in [-0.4, -0.2) is 21.9 Å². The van der Waals surface area contributed by atoms with Gasteiger partial charge >= 0.3 is 0 Å². The number of nitrogens with zero attached hydrogens (tertiary/aromatic N) is 2. The summed E-state index contributed by atoms with van der Waals surface area (Å²) in [6.07, 6.45) is 10.5. The van der Waals surface area contributed by atoms with Crippen molar-refractivity contribution in [3.63, 3.8) is 0 Å². The van der Waals surface area contributed by atoms with Crippen LogP contribution in [0.3, 0.4) is 0 Å². The number of hydrogen-bond donors (Lipinski definition) is 1. The molecule has 1 atom stereocenters. The summed E-state index contributed by atoms with van der Waals surface area (Å²) in [5.41, 5.74) is 2.79. The summed E-state index contributed by atoms with van der Waals surface area (Å²) in [5, 5.41) is 2.39. The monoisotopic (exact) mass is 305 g/mol. The highest BCUT2D eigenvalue weighted by Gasteiger charge is 2.19. The molecule has 0 aliphatic heterocycles. The minimum atomic E-state index is 0.683. The highest BCUT2D eigenvalue weighted by atomic mass is 15.1. The molecule has 4 rings (SSSR count). The molecule has 0 spiro atoms. The molecule has 1 heterocycles. The third-order valence-electron chi connectivity index (χ3n) is 4.80. The average molecular weight is 305 g/mol. The van der Waals surface area contributed by atoms with Crippen molar-refractivity contribution in [2.24, 2.45) is 5.92 Å². The topological polar surface area (TPSA) is 31.9 Å². The Bertz CT molecular complexity index is 830. The van der Waals surface area contributed by atoms with Gasteiger partial charge in [-0.25, -0.2) is 4.98 Å². The lowest BCUT2D eigenvalue weighted by Gasteiger charge is -2.21. The van der Waals surface area contributed by atoms with Gasteiger partial charge in [0.2, 0.25) is 0 Å². The van der Waals surface area contributed by atoms with Crippen LogP contribution >= 0.6 is 0 Å². The Kier molecular flexibility index (Phi) is 3.88. The van der Waals surface area contributed by atoms with Gasteiger partial charge in [-0.1, -0.05) is 48.6 Å². The molecule has 2 aliphatic rings. The summed E-state index contributed by atoms with van der Waals surface area (Å²) in [6.45, 7) is 1.78. The molecule has 1 aromatic heterocycles. The molecular formula is C20H23N3. The molecule has 3 heteroatoms. The lowest BCUT2D eigenvalue weighted by atomic mass is 9.84. The third-order valence-corrected chi connectivity index (χ3v) is 4.80. The highest BCUT2D eigenvalue weighted by Crippen LogP contribution is 2.28. The van der Waals surface area contributed by atoms with Gasteiger partial charge in [0.05, 0.1) is 17.2 Å². The highest BCUT2D eigenvalue weighted by molar-refractivity contribution is 5.62. The molecule has 0 saturated heterocycles. The van der Waals surface area contributed by atoms with E-state index in [4.69, 9.17) is 4.98 Å². The van der Waals surface area contributed by atoms with Gasteiger partial charge in [-0.3, -0.25) is 4.90 Å². The standard InChI is InChI=1S/C20H23N3/c1-23(13-15-7-3-2-4-8-15)14-19-21-18-12-11-16-9-5-6-10-17(16)20(18)22-19/h2-4,6-8,10,12,16H,5,9,11,13-14H2,1H3,(H,21,22). The van der Waals surface area contributed by atoms with Crippen molar-refractivity contribution in [1.29, 1.82) is 0 Å². The molecule has 118 valence electrons. The maximum atomic E-state index is 4.82. The molecule has 3 nitrogen and oxygen atoms in total. The van der Waals surface area contributed by atoms with Crippen LogP contribution in [0.15, 0.2) is 42.5 Å². The van der Waals surface area contributed by atoms with E-state index in [0.717, 1.165) is 30.7 Å². The Hall–Kier alpha value is -2.13. The van der Waals surface area contributed by atoms with Crippen LogP contribution in [0.2, 0.25) is 0 Å². The van der Waals surface area contributed by atoms with Crippen LogP contribution in [0.25, 0.3) is 11.6 Å². The quantitative estimate of drug-likeness (QED) is 0.940. The zero-order valence-electron chi connectivity index (χ0n) is 13.6. The number of rotatable bonds is 4. The third kappa shape index (κ3) is 3.02. The van der Waals surface area contributed by atoms with Gasteiger partial charge in [0.25, 0.3) is 0 Å². The summed E-state index contributed by atoms with van der Waals surface area (Å²) >= 11 is 0. The zero-order chi connectivity index (χ0) is 15.6. The second-order valence-electron chi connectivity index (χ2n) is 6.67. The molecule has 23 heavy (non-hydrogen) atoms. The molecule has 0 fully saturated rings. The van der Waals surface area contributed by atoms with Crippen molar-refractivity contribution in [2.45, 2.75) is 32.4 Å². The van der Waals surface area contributed by atoms with Crippen molar-refractivity contribution in [3.05, 3.63) is 64.6 Å². The SMILES string of the molecule is CN(Cc1ccccc1)Cc1nc2c([nH]1)=C1C=CCCC1CC=2. The zero-order valence-corrected chi connectivity index (χ0v) is 13.6. The van der Waals surface area contributed by atoms with Gasteiger partial charge in [0.1, 0.15) is 5.82 Å². The number of nitrogens with one attached hydrogen (secondary N) is 1. The van der Waals surface area contributed by atoms with E-state index in [1.807, 2.05) is 0 Å². The Balaban J connectivity index is 1.57. The van der Waals surface area contributed by atoms with Crippen molar-refractivity contribution in [1.82, 2.24) is 14.9 Å². The molecule has 0 radical (unpaired) electrons. The summed E-state index contributed by atoms with van der Waals surface area (Å²) in [5.74, 6) is 1.75. The Morgan fingerprint density at radius 1 is 1.22 bits per heavy atom. The molecule has 1 N–H and O–H groups in total. The van der Waals surface area contributed by atoms with Crippen molar-refractivity contribution < 1.29 is 0 Å².